The summed E-state index contributed by atoms with van der Waals surface area (Å²) in [6, 6.07) is 12.5. The maximum atomic E-state index is 11.6. The van der Waals surface area contributed by atoms with E-state index in [9.17, 15) is 19.7 Å². The molecule has 8 heteroatoms. The van der Waals surface area contributed by atoms with Crippen LogP contribution >= 0.6 is 0 Å². The first kappa shape index (κ1) is 16.2. The van der Waals surface area contributed by atoms with Crippen molar-refractivity contribution in [2.45, 2.75) is 6.61 Å². The van der Waals surface area contributed by atoms with Crippen LogP contribution in [-0.2, 0) is 11.4 Å². The number of hydrogen-bond donors (Lipinski definition) is 2. The molecule has 8 nitrogen and oxygen atoms in total. The van der Waals surface area contributed by atoms with Gasteiger partial charge in [0.05, 0.1) is 4.92 Å². The van der Waals surface area contributed by atoms with Crippen molar-refractivity contribution in [3.8, 4) is 5.75 Å². The largest absolute Gasteiger partial charge is 0.488 e. The molecule has 3 rings (SSSR count). The van der Waals surface area contributed by atoms with Gasteiger partial charge in [0.15, 0.2) is 0 Å². The lowest BCUT2D eigenvalue weighted by atomic mass is 10.1. The molecule has 1 heterocycles. The molecule has 25 heavy (non-hydrogen) atoms. The predicted molar refractivity (Wildman–Crippen MR) is 88.5 cm³/mol. The third-order valence-corrected chi connectivity index (χ3v) is 3.48. The van der Waals surface area contributed by atoms with Crippen LogP contribution in [0.15, 0.2) is 54.2 Å². The van der Waals surface area contributed by atoms with Crippen LogP contribution in [0.5, 0.6) is 5.75 Å². The van der Waals surface area contributed by atoms with Crippen LogP contribution in [-0.4, -0.2) is 16.9 Å². The molecular formula is C17H13N3O5. The van der Waals surface area contributed by atoms with E-state index >= 15 is 0 Å². The van der Waals surface area contributed by atoms with Crippen LogP contribution in [0.1, 0.15) is 11.1 Å². The Bertz CT molecular complexity index is 874. The number of rotatable bonds is 5. The Balaban J connectivity index is 1.75. The summed E-state index contributed by atoms with van der Waals surface area (Å²) in [5.41, 5.74) is 1.53. The lowest BCUT2D eigenvalue weighted by Crippen LogP contribution is -2.22. The summed E-state index contributed by atoms with van der Waals surface area (Å²) >= 11 is 0. The standard InChI is InChI=1S/C17H13N3O5/c21-16-14(18-17(22)19-16)9-12-3-1-2-4-15(12)25-10-11-5-7-13(8-6-11)20(23)24/h1-9H,10H2,(H2,18,19,21,22)/b14-9+. The number of benzene rings is 2. The average molecular weight is 339 g/mol. The molecule has 0 aromatic heterocycles. The molecule has 2 aromatic rings. The molecule has 0 aliphatic carbocycles. The van der Waals surface area contributed by atoms with Crippen LogP contribution in [0, 0.1) is 10.1 Å². The Morgan fingerprint density at radius 2 is 1.76 bits per heavy atom. The van der Waals surface area contributed by atoms with Gasteiger partial charge in [-0.2, -0.15) is 0 Å². The monoisotopic (exact) mass is 339 g/mol. The smallest absolute Gasteiger partial charge is 0.326 e. The Morgan fingerprint density at radius 3 is 2.40 bits per heavy atom. The van der Waals surface area contributed by atoms with Gasteiger partial charge in [0.1, 0.15) is 18.1 Å². The number of nitrogens with zero attached hydrogens (tertiary/aromatic N) is 1. The fraction of sp³-hybridized carbons (Fsp3) is 0.0588. The van der Waals surface area contributed by atoms with E-state index in [2.05, 4.69) is 10.6 Å². The molecule has 1 aliphatic heterocycles. The number of carbonyl (C=O) groups excluding carboxylic acids is 2. The zero-order valence-corrected chi connectivity index (χ0v) is 12.9. The number of para-hydroxylation sites is 1. The summed E-state index contributed by atoms with van der Waals surface area (Å²) < 4.78 is 5.74. The molecule has 0 atom stereocenters. The third kappa shape index (κ3) is 3.81. The zero-order chi connectivity index (χ0) is 17.8. The first-order valence-electron chi connectivity index (χ1n) is 7.32. The van der Waals surface area contributed by atoms with Crippen molar-refractivity contribution in [1.82, 2.24) is 10.6 Å². The molecule has 3 amide bonds. The van der Waals surface area contributed by atoms with Gasteiger partial charge in [-0.1, -0.05) is 18.2 Å². The summed E-state index contributed by atoms with van der Waals surface area (Å²) in [7, 11) is 0. The summed E-state index contributed by atoms with van der Waals surface area (Å²) in [6.07, 6.45) is 1.52. The van der Waals surface area contributed by atoms with Crippen LogP contribution in [0.25, 0.3) is 6.08 Å². The molecule has 2 aromatic carbocycles. The summed E-state index contributed by atoms with van der Waals surface area (Å²) in [5.74, 6) is 0.0115. The van der Waals surface area contributed by atoms with Crippen molar-refractivity contribution in [1.29, 1.82) is 0 Å². The number of amides is 3. The quantitative estimate of drug-likeness (QED) is 0.376. The minimum absolute atomic E-state index is 0.0110. The minimum atomic E-state index is -0.569. The van der Waals surface area contributed by atoms with Gasteiger partial charge in [0, 0.05) is 17.7 Å². The summed E-state index contributed by atoms with van der Waals surface area (Å²) in [4.78, 5) is 33.0. The van der Waals surface area contributed by atoms with Crippen molar-refractivity contribution in [3.05, 3.63) is 75.5 Å². The van der Waals surface area contributed by atoms with Crippen LogP contribution in [0.4, 0.5) is 10.5 Å². The molecular weight excluding hydrogens is 326 g/mol. The van der Waals surface area contributed by atoms with E-state index in [0.29, 0.717) is 11.3 Å². The van der Waals surface area contributed by atoms with Gasteiger partial charge >= 0.3 is 6.03 Å². The third-order valence-electron chi connectivity index (χ3n) is 3.48. The number of hydrogen-bond acceptors (Lipinski definition) is 5. The molecule has 1 aliphatic rings. The highest BCUT2D eigenvalue weighted by Gasteiger charge is 2.23. The van der Waals surface area contributed by atoms with E-state index in [1.165, 1.54) is 18.2 Å². The minimum Gasteiger partial charge on any atom is -0.488 e. The Morgan fingerprint density at radius 1 is 1.04 bits per heavy atom. The Labute approximate surface area is 142 Å². The van der Waals surface area contributed by atoms with Gasteiger partial charge in [0.25, 0.3) is 11.6 Å². The van der Waals surface area contributed by atoms with Gasteiger partial charge < -0.3 is 10.1 Å². The fourth-order valence-corrected chi connectivity index (χ4v) is 2.24. The fourth-order valence-electron chi connectivity index (χ4n) is 2.24. The van der Waals surface area contributed by atoms with Crippen LogP contribution in [0.2, 0.25) is 0 Å². The maximum Gasteiger partial charge on any atom is 0.326 e. The molecule has 1 saturated heterocycles. The molecule has 0 bridgehead atoms. The Kier molecular flexibility index (Phi) is 4.42. The number of non-ortho nitro benzene ring substituents is 1. The lowest BCUT2D eigenvalue weighted by Gasteiger charge is -2.09. The van der Waals surface area contributed by atoms with Crippen molar-refractivity contribution >= 4 is 23.7 Å². The number of imide groups is 1. The van der Waals surface area contributed by atoms with Gasteiger partial charge in [-0.15, -0.1) is 0 Å². The number of urea groups is 1. The number of nitro benzene ring substituents is 1. The average Bonchev–Trinajstić information content (AvgIpc) is 2.91. The first-order valence-corrected chi connectivity index (χ1v) is 7.32. The number of nitrogens with one attached hydrogen (secondary N) is 2. The van der Waals surface area contributed by atoms with Crippen molar-refractivity contribution in [2.24, 2.45) is 0 Å². The molecule has 0 radical (unpaired) electrons. The van der Waals surface area contributed by atoms with Gasteiger partial charge in [-0.3, -0.25) is 20.2 Å². The molecule has 0 saturated carbocycles. The van der Waals surface area contributed by atoms with Crippen molar-refractivity contribution < 1.29 is 19.2 Å². The highest BCUT2D eigenvalue weighted by atomic mass is 16.6. The van der Waals surface area contributed by atoms with Crippen LogP contribution < -0.4 is 15.4 Å². The van der Waals surface area contributed by atoms with Gasteiger partial charge in [-0.05, 0) is 29.8 Å². The molecule has 1 fully saturated rings. The predicted octanol–water partition coefficient (Wildman–Crippen LogP) is 2.35. The van der Waals surface area contributed by atoms with E-state index in [0.717, 1.165) is 5.56 Å². The molecule has 126 valence electrons. The van der Waals surface area contributed by atoms with E-state index in [4.69, 9.17) is 4.74 Å². The first-order chi connectivity index (χ1) is 12.0. The summed E-state index contributed by atoms with van der Waals surface area (Å²) in [5, 5.41) is 15.2. The molecule has 2 N–H and O–H groups in total. The van der Waals surface area contributed by atoms with Gasteiger partial charge in [-0.25, -0.2) is 4.79 Å². The van der Waals surface area contributed by atoms with E-state index in [1.54, 1.807) is 36.4 Å². The summed E-state index contributed by atoms with van der Waals surface area (Å²) in [6.45, 7) is 0.205. The second kappa shape index (κ2) is 6.83. The second-order valence-electron chi connectivity index (χ2n) is 5.22. The second-order valence-corrected chi connectivity index (χ2v) is 5.22. The van der Waals surface area contributed by atoms with Crippen LogP contribution in [0.3, 0.4) is 0 Å². The highest BCUT2D eigenvalue weighted by Crippen LogP contribution is 2.23. The number of ether oxygens (including phenoxy) is 1. The molecule has 0 unspecified atom stereocenters. The van der Waals surface area contributed by atoms with E-state index in [1.807, 2.05) is 0 Å². The van der Waals surface area contributed by atoms with Crippen molar-refractivity contribution in [2.75, 3.05) is 0 Å². The lowest BCUT2D eigenvalue weighted by molar-refractivity contribution is -0.384. The normalized spacial score (nSPS) is 15.0. The van der Waals surface area contributed by atoms with Gasteiger partial charge in [0.2, 0.25) is 0 Å². The van der Waals surface area contributed by atoms with E-state index in [-0.39, 0.29) is 18.0 Å². The highest BCUT2D eigenvalue weighted by molar-refractivity contribution is 6.14. The zero-order valence-electron chi connectivity index (χ0n) is 12.9. The van der Waals surface area contributed by atoms with E-state index < -0.39 is 16.9 Å². The number of nitro groups is 1. The maximum absolute atomic E-state index is 11.6. The topological polar surface area (TPSA) is 111 Å². The number of carbonyl (C=O) groups is 2. The molecule has 0 spiro atoms. The SMILES string of the molecule is O=C1NC(=O)/C(=C\c2ccccc2OCc2ccc([N+](=O)[O-])cc2)N1. The Hall–Kier alpha value is -3.68. The van der Waals surface area contributed by atoms with Crippen molar-refractivity contribution in [3.63, 3.8) is 0 Å².